The van der Waals surface area contributed by atoms with Crippen molar-refractivity contribution < 1.29 is 14.6 Å². The summed E-state index contributed by atoms with van der Waals surface area (Å²) in [6, 6.07) is 13.2. The number of ether oxygens (including phenoxy) is 1. The molecule has 0 aliphatic heterocycles. The van der Waals surface area contributed by atoms with E-state index in [1.807, 2.05) is 31.2 Å². The van der Waals surface area contributed by atoms with Crippen molar-refractivity contribution in [2.45, 2.75) is 20.0 Å². The number of hydrogen-bond donors (Lipinski definition) is 1. The van der Waals surface area contributed by atoms with Crippen molar-refractivity contribution in [3.8, 4) is 5.75 Å². The lowest BCUT2D eigenvalue weighted by atomic mass is 10.2. The first kappa shape index (κ1) is 16.5. The van der Waals surface area contributed by atoms with Crippen molar-refractivity contribution in [3.63, 3.8) is 0 Å². The number of carboxylic acids is 1. The Balaban J connectivity index is 2.07. The molecule has 0 radical (unpaired) electrons. The largest absolute Gasteiger partial charge is 0.479 e. The second kappa shape index (κ2) is 7.40. The lowest BCUT2D eigenvalue weighted by Crippen LogP contribution is -2.22. The fraction of sp³-hybridized carbons (Fsp3) is 0.176. The van der Waals surface area contributed by atoms with E-state index in [-0.39, 0.29) is 0 Å². The van der Waals surface area contributed by atoms with Crippen LogP contribution in [0.4, 0.5) is 5.69 Å². The SMILES string of the molecule is Cc1cc(I)ccc1N=Cc1ccc(O[C@H](C)C(=O)O)cc1. The Bertz CT molecular complexity index is 696. The summed E-state index contributed by atoms with van der Waals surface area (Å²) >= 11 is 2.27. The van der Waals surface area contributed by atoms with E-state index in [9.17, 15) is 4.79 Å². The van der Waals surface area contributed by atoms with Crippen molar-refractivity contribution in [3.05, 3.63) is 57.2 Å². The number of aliphatic carboxylic acids is 1. The van der Waals surface area contributed by atoms with Crippen LogP contribution in [0.1, 0.15) is 18.1 Å². The second-order valence-corrected chi connectivity index (χ2v) is 6.10. The Kier molecular flexibility index (Phi) is 5.54. The molecule has 0 bridgehead atoms. The number of carboxylic acid groups (broad SMARTS) is 1. The Morgan fingerprint density at radius 3 is 2.55 bits per heavy atom. The maximum Gasteiger partial charge on any atom is 0.344 e. The summed E-state index contributed by atoms with van der Waals surface area (Å²) in [5.41, 5.74) is 2.98. The third kappa shape index (κ3) is 4.56. The van der Waals surface area contributed by atoms with Crippen LogP contribution in [0.25, 0.3) is 0 Å². The van der Waals surface area contributed by atoms with E-state index >= 15 is 0 Å². The highest BCUT2D eigenvalue weighted by molar-refractivity contribution is 14.1. The molecule has 0 fully saturated rings. The number of carbonyl (C=O) groups is 1. The van der Waals surface area contributed by atoms with Crippen LogP contribution in [-0.4, -0.2) is 23.4 Å². The molecule has 0 saturated carbocycles. The molecule has 0 unspecified atom stereocenters. The minimum absolute atomic E-state index is 0.525. The van der Waals surface area contributed by atoms with Crippen molar-refractivity contribution in [1.82, 2.24) is 0 Å². The summed E-state index contributed by atoms with van der Waals surface area (Å²) in [6.45, 7) is 3.52. The van der Waals surface area contributed by atoms with Gasteiger partial charge in [0.1, 0.15) is 5.75 Å². The second-order valence-electron chi connectivity index (χ2n) is 4.86. The fourth-order valence-corrected chi connectivity index (χ4v) is 2.44. The van der Waals surface area contributed by atoms with E-state index in [4.69, 9.17) is 9.84 Å². The molecule has 2 aromatic carbocycles. The summed E-state index contributed by atoms with van der Waals surface area (Å²) in [5.74, 6) is -0.461. The van der Waals surface area contributed by atoms with Gasteiger partial charge >= 0.3 is 5.97 Å². The molecule has 0 spiro atoms. The highest BCUT2D eigenvalue weighted by Crippen LogP contribution is 2.21. The normalized spacial score (nSPS) is 12.3. The number of hydrogen-bond acceptors (Lipinski definition) is 3. The highest BCUT2D eigenvalue weighted by Gasteiger charge is 2.11. The van der Waals surface area contributed by atoms with Crippen LogP contribution < -0.4 is 4.74 Å². The Morgan fingerprint density at radius 1 is 1.27 bits per heavy atom. The zero-order chi connectivity index (χ0) is 16.1. The molecule has 0 saturated heterocycles. The van der Waals surface area contributed by atoms with E-state index in [1.165, 1.54) is 10.5 Å². The molecule has 1 atom stereocenters. The van der Waals surface area contributed by atoms with Crippen molar-refractivity contribution in [2.75, 3.05) is 0 Å². The quantitative estimate of drug-likeness (QED) is 0.595. The van der Waals surface area contributed by atoms with E-state index in [2.05, 4.69) is 33.6 Å². The number of benzene rings is 2. The molecule has 1 N–H and O–H groups in total. The van der Waals surface area contributed by atoms with Crippen LogP contribution in [0.3, 0.4) is 0 Å². The summed E-state index contributed by atoms with van der Waals surface area (Å²) < 4.78 is 6.46. The van der Waals surface area contributed by atoms with Gasteiger partial charge in [0, 0.05) is 9.78 Å². The smallest absolute Gasteiger partial charge is 0.344 e. The zero-order valence-corrected chi connectivity index (χ0v) is 14.4. The number of aryl methyl sites for hydroxylation is 1. The molecule has 0 amide bonds. The van der Waals surface area contributed by atoms with Crippen LogP contribution in [0.15, 0.2) is 47.5 Å². The molecule has 5 heteroatoms. The molecule has 0 aromatic heterocycles. The van der Waals surface area contributed by atoms with Crippen molar-refractivity contribution in [2.24, 2.45) is 4.99 Å². The number of rotatable bonds is 5. The number of halogens is 1. The van der Waals surface area contributed by atoms with E-state index in [0.29, 0.717) is 5.75 Å². The molecule has 2 aromatic rings. The molecule has 114 valence electrons. The van der Waals surface area contributed by atoms with Gasteiger partial charge in [-0.15, -0.1) is 0 Å². The standard InChI is InChI=1S/C17H16INO3/c1-11-9-14(18)5-8-16(11)19-10-13-3-6-15(7-4-13)22-12(2)17(20)21/h3-10,12H,1-2H3,(H,20,21)/t12-/m1/s1. The van der Waals surface area contributed by atoms with Gasteiger partial charge in [0.05, 0.1) is 5.69 Å². The highest BCUT2D eigenvalue weighted by atomic mass is 127. The van der Waals surface area contributed by atoms with Gasteiger partial charge in [-0.2, -0.15) is 0 Å². The predicted octanol–water partition coefficient (Wildman–Crippen LogP) is 4.20. The lowest BCUT2D eigenvalue weighted by Gasteiger charge is -2.09. The topological polar surface area (TPSA) is 58.9 Å². The molecule has 22 heavy (non-hydrogen) atoms. The maximum atomic E-state index is 10.7. The molecule has 2 rings (SSSR count). The van der Waals surface area contributed by atoms with Crippen LogP contribution in [0.5, 0.6) is 5.75 Å². The van der Waals surface area contributed by atoms with Crippen molar-refractivity contribution >= 4 is 40.5 Å². The van der Waals surface area contributed by atoms with E-state index in [0.717, 1.165) is 16.8 Å². The van der Waals surface area contributed by atoms with Crippen molar-refractivity contribution in [1.29, 1.82) is 0 Å². The third-order valence-corrected chi connectivity index (χ3v) is 3.72. The number of nitrogens with zero attached hydrogens (tertiary/aromatic N) is 1. The fourth-order valence-electron chi connectivity index (χ4n) is 1.79. The first-order valence-electron chi connectivity index (χ1n) is 6.75. The van der Waals surface area contributed by atoms with Gasteiger partial charge in [0.25, 0.3) is 0 Å². The van der Waals surface area contributed by atoms with Gasteiger partial charge in [-0.1, -0.05) is 0 Å². The third-order valence-electron chi connectivity index (χ3n) is 3.05. The summed E-state index contributed by atoms with van der Waals surface area (Å²) in [5, 5.41) is 8.81. The zero-order valence-electron chi connectivity index (χ0n) is 12.3. The van der Waals surface area contributed by atoms with Gasteiger partial charge in [-0.05, 0) is 90.0 Å². The van der Waals surface area contributed by atoms with Crippen LogP contribution in [0.2, 0.25) is 0 Å². The summed E-state index contributed by atoms with van der Waals surface area (Å²) in [6.07, 6.45) is 0.911. The lowest BCUT2D eigenvalue weighted by molar-refractivity contribution is -0.144. The van der Waals surface area contributed by atoms with Gasteiger partial charge in [0.2, 0.25) is 0 Å². The molecule has 4 nitrogen and oxygen atoms in total. The number of aliphatic imine (C=N–C) groups is 1. The average molecular weight is 409 g/mol. The predicted molar refractivity (Wildman–Crippen MR) is 95.3 cm³/mol. The Labute approximate surface area is 143 Å². The van der Waals surface area contributed by atoms with E-state index < -0.39 is 12.1 Å². The van der Waals surface area contributed by atoms with Gasteiger partial charge < -0.3 is 9.84 Å². The van der Waals surface area contributed by atoms with Gasteiger partial charge in [0.15, 0.2) is 6.10 Å². The summed E-state index contributed by atoms with van der Waals surface area (Å²) in [4.78, 5) is 15.2. The van der Waals surface area contributed by atoms with Crippen LogP contribution in [-0.2, 0) is 4.79 Å². The van der Waals surface area contributed by atoms with Crippen LogP contribution in [0, 0.1) is 10.5 Å². The first-order valence-corrected chi connectivity index (χ1v) is 7.83. The molecule has 0 heterocycles. The maximum absolute atomic E-state index is 10.7. The first-order chi connectivity index (χ1) is 10.5. The molecule has 0 aliphatic carbocycles. The van der Waals surface area contributed by atoms with E-state index in [1.54, 1.807) is 18.3 Å². The van der Waals surface area contributed by atoms with Crippen LogP contribution >= 0.6 is 22.6 Å². The average Bonchev–Trinajstić information content (AvgIpc) is 2.47. The minimum atomic E-state index is -0.986. The van der Waals surface area contributed by atoms with Gasteiger partial charge in [-0.3, -0.25) is 4.99 Å². The molecular weight excluding hydrogens is 393 g/mol. The Hall–Kier alpha value is -1.89. The van der Waals surface area contributed by atoms with Gasteiger partial charge in [-0.25, -0.2) is 4.79 Å². The minimum Gasteiger partial charge on any atom is -0.479 e. The molecular formula is C17H16INO3. The molecule has 0 aliphatic rings. The Morgan fingerprint density at radius 2 is 1.95 bits per heavy atom. The summed E-state index contributed by atoms with van der Waals surface area (Å²) in [7, 11) is 0. The monoisotopic (exact) mass is 409 g/mol.